The van der Waals surface area contributed by atoms with Crippen LogP contribution in [0, 0.1) is 0 Å². The number of carbonyl (C=O) groups is 1. The fourth-order valence-electron chi connectivity index (χ4n) is 1.49. The van der Waals surface area contributed by atoms with Crippen LogP contribution in [0.25, 0.3) is 0 Å². The minimum atomic E-state index is -3.34. The van der Waals surface area contributed by atoms with Crippen LogP contribution >= 0.6 is 0 Å². The molecule has 0 fully saturated rings. The summed E-state index contributed by atoms with van der Waals surface area (Å²) < 4.78 is 23.2. The molecule has 14 heavy (non-hydrogen) atoms. The van der Waals surface area contributed by atoms with E-state index in [1.165, 1.54) is 12.1 Å². The molecule has 0 bridgehead atoms. The number of ketones is 1. The van der Waals surface area contributed by atoms with Gasteiger partial charge in [0.1, 0.15) is 0 Å². The Morgan fingerprint density at radius 3 is 2.57 bits per heavy atom. The number of benzene rings is 1. The van der Waals surface area contributed by atoms with Crippen LogP contribution in [0.2, 0.25) is 0 Å². The first kappa shape index (κ1) is 9.15. The summed E-state index contributed by atoms with van der Waals surface area (Å²) >= 11 is 0. The standard InChI is InChI=1S/C10H8O3S/c1-7-6-14(12,13)9-5-3-2-4-8(9)10(7)11/h2-5H,1,6H2. The van der Waals surface area contributed by atoms with Gasteiger partial charge in [-0.05, 0) is 12.1 Å². The van der Waals surface area contributed by atoms with Crippen molar-refractivity contribution in [3.8, 4) is 0 Å². The minimum absolute atomic E-state index is 0.123. The Morgan fingerprint density at radius 1 is 1.21 bits per heavy atom. The molecule has 0 radical (unpaired) electrons. The lowest BCUT2D eigenvalue weighted by Gasteiger charge is -2.16. The average Bonchev–Trinajstić information content (AvgIpc) is 2.14. The Hall–Kier alpha value is -1.42. The van der Waals surface area contributed by atoms with Crippen molar-refractivity contribution >= 4 is 15.6 Å². The van der Waals surface area contributed by atoms with Gasteiger partial charge in [0.05, 0.1) is 10.6 Å². The number of Topliss-reactive ketones (excluding diaryl/α,β-unsaturated/α-hetero) is 1. The fourth-order valence-corrected chi connectivity index (χ4v) is 3.02. The van der Waals surface area contributed by atoms with E-state index >= 15 is 0 Å². The van der Waals surface area contributed by atoms with E-state index in [0.29, 0.717) is 0 Å². The predicted octanol–water partition coefficient (Wildman–Crippen LogP) is 1.21. The molecule has 1 aliphatic rings. The van der Waals surface area contributed by atoms with Crippen molar-refractivity contribution in [3.05, 3.63) is 42.0 Å². The summed E-state index contributed by atoms with van der Waals surface area (Å²) in [6.45, 7) is 3.46. The van der Waals surface area contributed by atoms with Crippen LogP contribution in [-0.4, -0.2) is 20.0 Å². The van der Waals surface area contributed by atoms with Gasteiger partial charge in [0, 0.05) is 11.1 Å². The zero-order valence-corrected chi connectivity index (χ0v) is 8.17. The first-order valence-electron chi connectivity index (χ1n) is 4.06. The number of fused-ring (bicyclic) bond motifs is 1. The van der Waals surface area contributed by atoms with Gasteiger partial charge in [-0.1, -0.05) is 18.7 Å². The third-order valence-electron chi connectivity index (χ3n) is 2.15. The van der Waals surface area contributed by atoms with Crippen LogP contribution in [0.3, 0.4) is 0 Å². The van der Waals surface area contributed by atoms with Gasteiger partial charge >= 0.3 is 0 Å². The van der Waals surface area contributed by atoms with E-state index in [9.17, 15) is 13.2 Å². The van der Waals surface area contributed by atoms with Crippen molar-refractivity contribution in [3.63, 3.8) is 0 Å². The highest BCUT2D eigenvalue weighted by Crippen LogP contribution is 2.26. The van der Waals surface area contributed by atoms with Crippen LogP contribution in [0.15, 0.2) is 41.3 Å². The van der Waals surface area contributed by atoms with Crippen molar-refractivity contribution in [1.82, 2.24) is 0 Å². The predicted molar refractivity (Wildman–Crippen MR) is 52.0 cm³/mol. The zero-order valence-electron chi connectivity index (χ0n) is 7.36. The molecule has 3 nitrogen and oxygen atoms in total. The molecular weight excluding hydrogens is 200 g/mol. The highest BCUT2D eigenvalue weighted by atomic mass is 32.2. The second kappa shape index (κ2) is 2.78. The smallest absolute Gasteiger partial charge is 0.190 e. The molecule has 1 heterocycles. The molecule has 0 aromatic heterocycles. The minimum Gasteiger partial charge on any atom is -0.289 e. The van der Waals surface area contributed by atoms with Gasteiger partial charge in [-0.15, -0.1) is 0 Å². The van der Waals surface area contributed by atoms with E-state index < -0.39 is 9.84 Å². The summed E-state index contributed by atoms with van der Waals surface area (Å²) in [5.41, 5.74) is 0.382. The Morgan fingerprint density at radius 2 is 1.86 bits per heavy atom. The normalized spacial score (nSPS) is 19.1. The number of hydrogen-bond donors (Lipinski definition) is 0. The van der Waals surface area contributed by atoms with Crippen LogP contribution in [0.1, 0.15) is 10.4 Å². The van der Waals surface area contributed by atoms with Crippen molar-refractivity contribution < 1.29 is 13.2 Å². The van der Waals surface area contributed by atoms with E-state index in [-0.39, 0.29) is 27.6 Å². The summed E-state index contributed by atoms with van der Waals surface area (Å²) in [6, 6.07) is 6.22. The second-order valence-corrected chi connectivity index (χ2v) is 5.15. The van der Waals surface area contributed by atoms with Crippen molar-refractivity contribution in [1.29, 1.82) is 0 Å². The van der Waals surface area contributed by atoms with E-state index in [0.717, 1.165) is 0 Å². The molecule has 2 rings (SSSR count). The lowest BCUT2D eigenvalue weighted by molar-refractivity contribution is 0.103. The van der Waals surface area contributed by atoms with Crippen LogP contribution < -0.4 is 0 Å². The van der Waals surface area contributed by atoms with Gasteiger partial charge in [-0.2, -0.15) is 0 Å². The van der Waals surface area contributed by atoms with E-state index in [1.807, 2.05) is 0 Å². The Balaban J connectivity index is 2.81. The van der Waals surface area contributed by atoms with E-state index in [4.69, 9.17) is 0 Å². The molecule has 0 atom stereocenters. The van der Waals surface area contributed by atoms with Gasteiger partial charge < -0.3 is 0 Å². The van der Waals surface area contributed by atoms with Gasteiger partial charge in [-0.3, -0.25) is 4.79 Å². The summed E-state index contributed by atoms with van der Waals surface area (Å²) in [5, 5.41) is 0. The van der Waals surface area contributed by atoms with Crippen LogP contribution in [0.5, 0.6) is 0 Å². The molecule has 0 aliphatic carbocycles. The Labute approximate surface area is 82.0 Å². The molecule has 0 spiro atoms. The highest BCUT2D eigenvalue weighted by Gasteiger charge is 2.30. The lowest BCUT2D eigenvalue weighted by Crippen LogP contribution is -2.23. The molecule has 1 aliphatic heterocycles. The van der Waals surface area contributed by atoms with Crippen molar-refractivity contribution in [2.75, 3.05) is 5.75 Å². The van der Waals surface area contributed by atoms with E-state index in [2.05, 4.69) is 6.58 Å². The van der Waals surface area contributed by atoms with Gasteiger partial charge in [-0.25, -0.2) is 8.42 Å². The zero-order chi connectivity index (χ0) is 10.3. The Bertz CT molecular complexity index is 526. The first-order chi connectivity index (χ1) is 6.52. The van der Waals surface area contributed by atoms with E-state index in [1.54, 1.807) is 12.1 Å². The maximum atomic E-state index is 11.6. The summed E-state index contributed by atoms with van der Waals surface area (Å²) in [5.74, 6) is -0.529. The van der Waals surface area contributed by atoms with Gasteiger partial charge in [0.25, 0.3) is 0 Å². The average molecular weight is 208 g/mol. The maximum absolute atomic E-state index is 11.6. The summed E-state index contributed by atoms with van der Waals surface area (Å²) in [7, 11) is -3.34. The lowest BCUT2D eigenvalue weighted by atomic mass is 10.1. The molecule has 1 aromatic rings. The number of hydrogen-bond acceptors (Lipinski definition) is 3. The number of carbonyl (C=O) groups excluding carboxylic acids is 1. The molecule has 0 N–H and O–H groups in total. The number of rotatable bonds is 0. The Kier molecular flexibility index (Phi) is 1.82. The third-order valence-corrected chi connectivity index (χ3v) is 3.91. The van der Waals surface area contributed by atoms with Crippen LogP contribution in [-0.2, 0) is 9.84 Å². The van der Waals surface area contributed by atoms with Gasteiger partial charge in [0.2, 0.25) is 0 Å². The topological polar surface area (TPSA) is 51.2 Å². The third kappa shape index (κ3) is 1.19. The molecule has 4 heteroatoms. The molecule has 0 amide bonds. The largest absolute Gasteiger partial charge is 0.289 e. The SMILES string of the molecule is C=C1CS(=O)(=O)c2ccccc2C1=O. The molecule has 1 aromatic carbocycles. The highest BCUT2D eigenvalue weighted by molar-refractivity contribution is 7.91. The fraction of sp³-hybridized carbons (Fsp3) is 0.100. The molecule has 0 saturated carbocycles. The molecule has 0 saturated heterocycles. The second-order valence-electron chi connectivity index (χ2n) is 3.19. The van der Waals surface area contributed by atoms with Crippen molar-refractivity contribution in [2.24, 2.45) is 0 Å². The maximum Gasteiger partial charge on any atom is 0.190 e. The van der Waals surface area contributed by atoms with Gasteiger partial charge in [0.15, 0.2) is 15.6 Å². The molecule has 0 unspecified atom stereocenters. The number of sulfone groups is 1. The summed E-state index contributed by atoms with van der Waals surface area (Å²) in [4.78, 5) is 11.7. The summed E-state index contributed by atoms with van der Waals surface area (Å²) in [6.07, 6.45) is 0. The molecular formula is C10H8O3S. The first-order valence-corrected chi connectivity index (χ1v) is 5.72. The van der Waals surface area contributed by atoms with Crippen LogP contribution in [0.4, 0.5) is 0 Å². The molecule has 72 valence electrons. The monoisotopic (exact) mass is 208 g/mol. The van der Waals surface area contributed by atoms with Crippen molar-refractivity contribution in [2.45, 2.75) is 4.90 Å². The quantitative estimate of drug-likeness (QED) is 0.602.